The first-order valence-electron chi connectivity index (χ1n) is 4.83. The molecule has 1 rings (SSSR count). The molecule has 0 saturated heterocycles. The summed E-state index contributed by atoms with van der Waals surface area (Å²) in [6.45, 7) is 2.28. The maximum absolute atomic E-state index is 5.29. The number of furan rings is 1. The summed E-state index contributed by atoms with van der Waals surface area (Å²) in [6.07, 6.45) is 3.96. The number of quaternary nitrogens is 1. The van der Waals surface area contributed by atoms with Gasteiger partial charge in [0.1, 0.15) is 5.76 Å². The van der Waals surface area contributed by atoms with Crippen LogP contribution in [0.15, 0.2) is 22.8 Å². The predicted molar refractivity (Wildman–Crippen MR) is 54.5 cm³/mol. The van der Waals surface area contributed by atoms with Crippen LogP contribution < -0.4 is 24.0 Å². The summed E-state index contributed by atoms with van der Waals surface area (Å²) in [5.74, 6) is 1.10. The molecule has 0 aliphatic carbocycles. The monoisotopic (exact) mass is 309 g/mol. The molecular formula is C11H20INO. The van der Waals surface area contributed by atoms with E-state index < -0.39 is 0 Å². The average Bonchev–Trinajstić information content (AvgIpc) is 2.50. The van der Waals surface area contributed by atoms with Gasteiger partial charge in [-0.15, -0.1) is 0 Å². The van der Waals surface area contributed by atoms with E-state index in [1.807, 2.05) is 12.1 Å². The van der Waals surface area contributed by atoms with Crippen LogP contribution in [0.2, 0.25) is 0 Å². The van der Waals surface area contributed by atoms with E-state index in [1.165, 1.54) is 6.42 Å². The highest BCUT2D eigenvalue weighted by atomic mass is 127. The smallest absolute Gasteiger partial charge is 0.103 e. The summed E-state index contributed by atoms with van der Waals surface area (Å²) < 4.78 is 6.30. The summed E-state index contributed by atoms with van der Waals surface area (Å²) in [4.78, 5) is 0. The lowest BCUT2D eigenvalue weighted by Crippen LogP contribution is -3.00. The Morgan fingerprint density at radius 2 is 2.00 bits per heavy atom. The van der Waals surface area contributed by atoms with E-state index >= 15 is 0 Å². The summed E-state index contributed by atoms with van der Waals surface area (Å²) in [5.41, 5.74) is 0. The van der Waals surface area contributed by atoms with Crippen LogP contribution >= 0.6 is 0 Å². The van der Waals surface area contributed by atoms with Gasteiger partial charge in [-0.1, -0.05) is 0 Å². The molecule has 1 heterocycles. The zero-order chi connectivity index (χ0) is 9.90. The van der Waals surface area contributed by atoms with E-state index in [1.54, 1.807) is 6.26 Å². The van der Waals surface area contributed by atoms with E-state index in [9.17, 15) is 0 Å². The van der Waals surface area contributed by atoms with Gasteiger partial charge in [0.25, 0.3) is 0 Å². The molecule has 0 aromatic carbocycles. The molecule has 1 unspecified atom stereocenters. The molecule has 0 N–H and O–H groups in total. The van der Waals surface area contributed by atoms with E-state index in [0.29, 0.717) is 6.04 Å². The van der Waals surface area contributed by atoms with Crippen LogP contribution in [-0.4, -0.2) is 31.7 Å². The van der Waals surface area contributed by atoms with Crippen molar-refractivity contribution in [2.24, 2.45) is 0 Å². The van der Waals surface area contributed by atoms with Crippen LogP contribution in [-0.2, 0) is 6.42 Å². The topological polar surface area (TPSA) is 13.1 Å². The van der Waals surface area contributed by atoms with Crippen LogP contribution in [0.3, 0.4) is 0 Å². The number of hydrogen-bond acceptors (Lipinski definition) is 1. The van der Waals surface area contributed by atoms with E-state index in [4.69, 9.17) is 4.42 Å². The molecule has 0 amide bonds. The molecule has 0 spiro atoms. The minimum absolute atomic E-state index is 0. The first-order chi connectivity index (χ1) is 6.00. The van der Waals surface area contributed by atoms with Gasteiger partial charge in [-0.05, 0) is 19.1 Å². The summed E-state index contributed by atoms with van der Waals surface area (Å²) in [7, 11) is 6.69. The zero-order valence-corrected chi connectivity index (χ0v) is 11.6. The van der Waals surface area contributed by atoms with Crippen LogP contribution in [0.25, 0.3) is 0 Å². The molecule has 1 aromatic rings. The highest BCUT2D eigenvalue weighted by Crippen LogP contribution is 2.11. The van der Waals surface area contributed by atoms with E-state index in [0.717, 1.165) is 16.7 Å². The SMILES string of the molecule is CC(CCc1ccco1)[N+](C)(C)C.[I-]. The van der Waals surface area contributed by atoms with Crippen molar-refractivity contribution in [3.05, 3.63) is 24.2 Å². The molecule has 82 valence electrons. The van der Waals surface area contributed by atoms with Crippen molar-refractivity contribution in [3.63, 3.8) is 0 Å². The minimum Gasteiger partial charge on any atom is -1.00 e. The molecule has 0 aliphatic heterocycles. The Labute approximate surface area is 104 Å². The molecule has 0 radical (unpaired) electrons. The molecule has 0 bridgehead atoms. The van der Waals surface area contributed by atoms with Gasteiger partial charge in [0.05, 0.1) is 33.4 Å². The quantitative estimate of drug-likeness (QED) is 0.530. The molecule has 1 aromatic heterocycles. The average molecular weight is 309 g/mol. The fourth-order valence-electron chi connectivity index (χ4n) is 1.19. The van der Waals surface area contributed by atoms with Crippen molar-refractivity contribution in [1.82, 2.24) is 0 Å². The Hall–Kier alpha value is -0.0300. The Morgan fingerprint density at radius 3 is 2.43 bits per heavy atom. The predicted octanol–water partition coefficient (Wildman–Crippen LogP) is -0.689. The lowest BCUT2D eigenvalue weighted by atomic mass is 10.1. The van der Waals surface area contributed by atoms with Gasteiger partial charge in [-0.2, -0.15) is 0 Å². The van der Waals surface area contributed by atoms with Gasteiger partial charge in [0.15, 0.2) is 0 Å². The maximum atomic E-state index is 5.29. The van der Waals surface area contributed by atoms with Crippen molar-refractivity contribution in [3.8, 4) is 0 Å². The Kier molecular flexibility index (Phi) is 5.74. The number of halogens is 1. The molecule has 0 fully saturated rings. The van der Waals surface area contributed by atoms with Gasteiger partial charge in [0, 0.05) is 12.8 Å². The van der Waals surface area contributed by atoms with Crippen molar-refractivity contribution in [1.29, 1.82) is 0 Å². The van der Waals surface area contributed by atoms with Crippen LogP contribution in [0, 0.1) is 0 Å². The third-order valence-electron chi connectivity index (χ3n) is 2.71. The zero-order valence-electron chi connectivity index (χ0n) is 9.46. The van der Waals surface area contributed by atoms with Gasteiger partial charge in [-0.25, -0.2) is 0 Å². The van der Waals surface area contributed by atoms with Crippen molar-refractivity contribution >= 4 is 0 Å². The first kappa shape index (κ1) is 14.0. The number of aryl methyl sites for hydroxylation is 1. The maximum Gasteiger partial charge on any atom is 0.103 e. The lowest BCUT2D eigenvalue weighted by Gasteiger charge is -2.31. The summed E-state index contributed by atoms with van der Waals surface area (Å²) in [6, 6.07) is 4.67. The largest absolute Gasteiger partial charge is 1.00 e. The molecule has 0 aliphatic rings. The fraction of sp³-hybridized carbons (Fsp3) is 0.636. The molecule has 0 saturated carbocycles. The number of nitrogens with zero attached hydrogens (tertiary/aromatic N) is 1. The Balaban J connectivity index is 0.00000169. The Bertz CT molecular complexity index is 238. The highest BCUT2D eigenvalue weighted by Gasteiger charge is 2.17. The van der Waals surface area contributed by atoms with E-state index in [-0.39, 0.29) is 24.0 Å². The van der Waals surface area contributed by atoms with Crippen LogP contribution in [0.4, 0.5) is 0 Å². The summed E-state index contributed by atoms with van der Waals surface area (Å²) >= 11 is 0. The molecular weight excluding hydrogens is 289 g/mol. The lowest BCUT2D eigenvalue weighted by molar-refractivity contribution is -0.894. The van der Waals surface area contributed by atoms with Gasteiger partial charge >= 0.3 is 0 Å². The highest BCUT2D eigenvalue weighted by molar-refractivity contribution is 4.98. The van der Waals surface area contributed by atoms with Gasteiger partial charge in [0.2, 0.25) is 0 Å². The minimum atomic E-state index is 0. The van der Waals surface area contributed by atoms with Crippen LogP contribution in [0.1, 0.15) is 19.1 Å². The standard InChI is InChI=1S/C11H20NO.HI/c1-10(12(2,3)4)7-8-11-6-5-9-13-11;/h5-6,9-10H,7-8H2,1-4H3;1H/q+1;/p-1. The molecule has 3 heteroatoms. The van der Waals surface area contributed by atoms with E-state index in [2.05, 4.69) is 28.1 Å². The van der Waals surface area contributed by atoms with Gasteiger partial charge < -0.3 is 32.9 Å². The van der Waals surface area contributed by atoms with Crippen LogP contribution in [0.5, 0.6) is 0 Å². The number of hydrogen-bond donors (Lipinski definition) is 0. The number of rotatable bonds is 4. The normalized spacial score (nSPS) is 13.4. The van der Waals surface area contributed by atoms with Crippen molar-refractivity contribution in [2.45, 2.75) is 25.8 Å². The third kappa shape index (κ3) is 4.46. The van der Waals surface area contributed by atoms with Crippen molar-refractivity contribution < 1.29 is 32.9 Å². The second kappa shape index (κ2) is 5.75. The Morgan fingerprint density at radius 1 is 1.36 bits per heavy atom. The van der Waals surface area contributed by atoms with Gasteiger partial charge in [-0.3, -0.25) is 0 Å². The van der Waals surface area contributed by atoms with Crippen molar-refractivity contribution in [2.75, 3.05) is 21.1 Å². The summed E-state index contributed by atoms with van der Waals surface area (Å²) in [5, 5.41) is 0. The molecule has 2 nitrogen and oxygen atoms in total. The third-order valence-corrected chi connectivity index (χ3v) is 2.71. The molecule has 14 heavy (non-hydrogen) atoms. The fourth-order valence-corrected chi connectivity index (χ4v) is 1.19. The molecule has 1 atom stereocenters. The second-order valence-corrected chi connectivity index (χ2v) is 4.58. The first-order valence-corrected chi connectivity index (χ1v) is 4.83. The second-order valence-electron chi connectivity index (χ2n) is 4.58.